The molecule has 1 rings (SSSR count). The summed E-state index contributed by atoms with van der Waals surface area (Å²) in [5.41, 5.74) is 0. The largest absolute Gasteiger partial charge is 0.463 e. The molecule has 0 spiro atoms. The van der Waals surface area contributed by atoms with Crippen LogP contribution >= 0.6 is 11.6 Å². The summed E-state index contributed by atoms with van der Waals surface area (Å²) in [7, 11) is 0. The lowest BCUT2D eigenvalue weighted by Gasteiger charge is -2.10. The van der Waals surface area contributed by atoms with Gasteiger partial charge >= 0.3 is 6.01 Å². The minimum Gasteiger partial charge on any atom is -0.463 e. The first-order chi connectivity index (χ1) is 8.15. The Balaban J connectivity index is 2.61. The van der Waals surface area contributed by atoms with Crippen LogP contribution in [0.2, 0.25) is 5.28 Å². The van der Waals surface area contributed by atoms with Gasteiger partial charge in [-0.3, -0.25) is 0 Å². The van der Waals surface area contributed by atoms with Crippen molar-refractivity contribution < 1.29 is 9.84 Å². The summed E-state index contributed by atoms with van der Waals surface area (Å²) in [5.74, 6) is 0.309. The molecule has 17 heavy (non-hydrogen) atoms. The SMILES string of the molecule is CCCOc1nc(Cl)nc(NCC(O)CC)n1. The van der Waals surface area contributed by atoms with E-state index < -0.39 is 6.10 Å². The lowest BCUT2D eigenvalue weighted by Crippen LogP contribution is -2.19. The monoisotopic (exact) mass is 260 g/mol. The first-order valence-corrected chi connectivity index (χ1v) is 5.99. The van der Waals surface area contributed by atoms with Gasteiger partial charge in [0.1, 0.15) is 0 Å². The van der Waals surface area contributed by atoms with Gasteiger partial charge in [0.2, 0.25) is 11.2 Å². The quantitative estimate of drug-likeness (QED) is 0.773. The molecular weight excluding hydrogens is 244 g/mol. The first-order valence-electron chi connectivity index (χ1n) is 5.62. The number of rotatable bonds is 7. The summed E-state index contributed by atoms with van der Waals surface area (Å²) >= 11 is 5.73. The van der Waals surface area contributed by atoms with Crippen LogP contribution in [-0.4, -0.2) is 39.3 Å². The minimum atomic E-state index is -0.439. The molecule has 0 bridgehead atoms. The highest BCUT2D eigenvalue weighted by molar-refractivity contribution is 6.28. The Labute approximate surface area is 105 Å². The van der Waals surface area contributed by atoms with Gasteiger partial charge in [0.05, 0.1) is 12.7 Å². The predicted octanol–water partition coefficient (Wildman–Crippen LogP) is 1.50. The first kappa shape index (κ1) is 13.9. The van der Waals surface area contributed by atoms with Gasteiger partial charge in [-0.15, -0.1) is 0 Å². The lowest BCUT2D eigenvalue weighted by atomic mass is 10.3. The minimum absolute atomic E-state index is 0.0691. The Bertz CT molecular complexity index is 351. The molecule has 0 amide bonds. The average molecular weight is 261 g/mol. The van der Waals surface area contributed by atoms with Gasteiger partial charge in [0.15, 0.2) is 0 Å². The van der Waals surface area contributed by atoms with E-state index in [1.807, 2.05) is 13.8 Å². The van der Waals surface area contributed by atoms with Crippen molar-refractivity contribution in [3.63, 3.8) is 0 Å². The number of nitrogens with one attached hydrogen (secondary N) is 1. The number of aliphatic hydroxyl groups is 1. The summed E-state index contributed by atoms with van der Waals surface area (Å²) in [4.78, 5) is 11.8. The van der Waals surface area contributed by atoms with Gasteiger partial charge in [-0.1, -0.05) is 13.8 Å². The van der Waals surface area contributed by atoms with Crippen LogP contribution in [-0.2, 0) is 0 Å². The summed E-state index contributed by atoms with van der Waals surface area (Å²) in [6.07, 6.45) is 1.08. The summed E-state index contributed by atoms with van der Waals surface area (Å²) < 4.78 is 5.26. The highest BCUT2D eigenvalue weighted by atomic mass is 35.5. The van der Waals surface area contributed by atoms with Gasteiger partial charge in [-0.25, -0.2) is 0 Å². The number of ether oxygens (including phenoxy) is 1. The Kier molecular flexibility index (Phi) is 5.93. The third-order valence-corrected chi connectivity index (χ3v) is 2.16. The van der Waals surface area contributed by atoms with Crippen molar-refractivity contribution in [2.45, 2.75) is 32.8 Å². The standard InChI is InChI=1S/C10H17ClN4O2/c1-3-5-17-10-14-8(11)13-9(15-10)12-6-7(16)4-2/h7,16H,3-6H2,1-2H3,(H,12,13,14,15). The Morgan fingerprint density at radius 1 is 1.35 bits per heavy atom. The molecule has 0 aromatic carbocycles. The van der Waals surface area contributed by atoms with Crippen LogP contribution in [0, 0.1) is 0 Å². The van der Waals surface area contributed by atoms with E-state index in [2.05, 4.69) is 20.3 Å². The van der Waals surface area contributed by atoms with Gasteiger partial charge < -0.3 is 15.2 Å². The van der Waals surface area contributed by atoms with Gasteiger partial charge in [0, 0.05) is 6.54 Å². The van der Waals surface area contributed by atoms with Crippen LogP contribution < -0.4 is 10.1 Å². The molecule has 0 aliphatic carbocycles. The van der Waals surface area contributed by atoms with Crippen molar-refractivity contribution in [1.29, 1.82) is 0 Å². The van der Waals surface area contributed by atoms with E-state index in [-0.39, 0.29) is 11.3 Å². The van der Waals surface area contributed by atoms with Gasteiger partial charge in [-0.05, 0) is 24.4 Å². The fourth-order valence-corrected chi connectivity index (χ4v) is 1.17. The molecule has 2 N–H and O–H groups in total. The van der Waals surface area contributed by atoms with Crippen LogP contribution in [0.15, 0.2) is 0 Å². The van der Waals surface area contributed by atoms with E-state index in [1.165, 1.54) is 0 Å². The molecule has 7 heteroatoms. The van der Waals surface area contributed by atoms with Gasteiger partial charge in [-0.2, -0.15) is 15.0 Å². The number of aliphatic hydroxyl groups excluding tert-OH is 1. The van der Waals surface area contributed by atoms with E-state index in [1.54, 1.807) is 0 Å². The molecular formula is C10H17ClN4O2. The van der Waals surface area contributed by atoms with Crippen molar-refractivity contribution in [2.24, 2.45) is 0 Å². The zero-order valence-electron chi connectivity index (χ0n) is 9.98. The molecule has 1 unspecified atom stereocenters. The Morgan fingerprint density at radius 3 is 2.76 bits per heavy atom. The van der Waals surface area contributed by atoms with Crippen molar-refractivity contribution in [2.75, 3.05) is 18.5 Å². The van der Waals surface area contributed by atoms with Crippen molar-refractivity contribution in [3.05, 3.63) is 5.28 Å². The fourth-order valence-electron chi connectivity index (χ4n) is 1.02. The second kappa shape index (κ2) is 7.24. The maximum atomic E-state index is 9.40. The molecule has 1 heterocycles. The van der Waals surface area contributed by atoms with Crippen LogP contribution in [0.3, 0.4) is 0 Å². The molecule has 1 aromatic rings. The molecule has 6 nitrogen and oxygen atoms in total. The normalized spacial score (nSPS) is 12.2. The molecule has 0 aliphatic heterocycles. The summed E-state index contributed by atoms with van der Waals surface area (Å²) in [5, 5.41) is 12.3. The number of hydrogen-bond acceptors (Lipinski definition) is 6. The van der Waals surface area contributed by atoms with E-state index in [0.717, 1.165) is 6.42 Å². The fraction of sp³-hybridized carbons (Fsp3) is 0.700. The molecule has 1 atom stereocenters. The van der Waals surface area contributed by atoms with E-state index in [9.17, 15) is 5.11 Å². The second-order valence-electron chi connectivity index (χ2n) is 3.50. The van der Waals surface area contributed by atoms with Crippen LogP contribution in [0.4, 0.5) is 5.95 Å². The zero-order chi connectivity index (χ0) is 12.7. The molecule has 0 aliphatic rings. The highest BCUT2D eigenvalue weighted by Gasteiger charge is 2.07. The van der Waals surface area contributed by atoms with Crippen molar-refractivity contribution in [3.8, 4) is 6.01 Å². The maximum absolute atomic E-state index is 9.40. The van der Waals surface area contributed by atoms with Crippen LogP contribution in [0.25, 0.3) is 0 Å². The smallest absolute Gasteiger partial charge is 0.322 e. The zero-order valence-corrected chi connectivity index (χ0v) is 10.7. The van der Waals surface area contributed by atoms with E-state index in [0.29, 0.717) is 25.5 Å². The molecule has 0 saturated heterocycles. The van der Waals surface area contributed by atoms with E-state index in [4.69, 9.17) is 16.3 Å². The topological polar surface area (TPSA) is 80.2 Å². The average Bonchev–Trinajstić information content (AvgIpc) is 2.32. The lowest BCUT2D eigenvalue weighted by molar-refractivity contribution is 0.183. The summed E-state index contributed by atoms with van der Waals surface area (Å²) in [6, 6.07) is 0.195. The Hall–Kier alpha value is -1.14. The predicted molar refractivity (Wildman–Crippen MR) is 65.4 cm³/mol. The third-order valence-electron chi connectivity index (χ3n) is 1.99. The second-order valence-corrected chi connectivity index (χ2v) is 3.84. The molecule has 0 radical (unpaired) electrons. The maximum Gasteiger partial charge on any atom is 0.322 e. The highest BCUT2D eigenvalue weighted by Crippen LogP contribution is 2.11. The number of aromatic nitrogens is 3. The number of nitrogens with zero attached hydrogens (tertiary/aromatic N) is 3. The van der Waals surface area contributed by atoms with Gasteiger partial charge in [0.25, 0.3) is 0 Å². The summed E-state index contributed by atoms with van der Waals surface area (Å²) in [6.45, 7) is 4.77. The molecule has 96 valence electrons. The third kappa shape index (κ3) is 5.14. The van der Waals surface area contributed by atoms with Crippen LogP contribution in [0.5, 0.6) is 6.01 Å². The van der Waals surface area contributed by atoms with Crippen molar-refractivity contribution >= 4 is 17.5 Å². The number of anilines is 1. The number of halogens is 1. The van der Waals surface area contributed by atoms with Crippen LogP contribution in [0.1, 0.15) is 26.7 Å². The molecule has 0 saturated carbocycles. The van der Waals surface area contributed by atoms with Crippen molar-refractivity contribution in [1.82, 2.24) is 15.0 Å². The van der Waals surface area contributed by atoms with E-state index >= 15 is 0 Å². The number of hydrogen-bond donors (Lipinski definition) is 2. The molecule has 1 aromatic heterocycles. The molecule has 0 fully saturated rings. The Morgan fingerprint density at radius 2 is 2.12 bits per heavy atom.